The zero-order valence-corrected chi connectivity index (χ0v) is 51.8. The molecule has 8 fully saturated rings. The van der Waals surface area contributed by atoms with Gasteiger partial charge in [0.15, 0.2) is 0 Å². The van der Waals surface area contributed by atoms with Crippen LogP contribution < -0.4 is 0 Å². The molecule has 0 radical (unpaired) electrons. The molecule has 406 valence electrons. The van der Waals surface area contributed by atoms with Gasteiger partial charge in [-0.3, -0.25) is 9.59 Å². The van der Waals surface area contributed by atoms with E-state index in [9.17, 15) is 9.59 Å². The summed E-state index contributed by atoms with van der Waals surface area (Å²) in [4.78, 5) is 21.7. The second-order valence-electron chi connectivity index (χ2n) is 33.4. The Balaban J connectivity index is 0.000000755. The minimum atomic E-state index is 0. The van der Waals surface area contributed by atoms with Gasteiger partial charge in [0, 0.05) is 11.8 Å². The fourth-order valence-electron chi connectivity index (χ4n) is 11.8. The maximum absolute atomic E-state index is 10.9. The van der Waals surface area contributed by atoms with Crippen LogP contribution in [0.25, 0.3) is 0 Å². The van der Waals surface area contributed by atoms with E-state index < -0.39 is 0 Å². The van der Waals surface area contributed by atoms with Gasteiger partial charge in [-0.1, -0.05) is 208 Å². The van der Waals surface area contributed by atoms with E-state index in [-0.39, 0.29) is 7.43 Å². The lowest BCUT2D eigenvalue weighted by Crippen LogP contribution is -2.11. The van der Waals surface area contributed by atoms with Crippen LogP contribution in [0.15, 0.2) is 0 Å². The second kappa shape index (κ2) is 24.6. The lowest BCUT2D eigenvalue weighted by Gasteiger charge is -2.17. The first-order chi connectivity index (χ1) is 29.5. The Hall–Kier alpha value is -0.660. The fourth-order valence-corrected chi connectivity index (χ4v) is 11.8. The topological polar surface area (TPSA) is 34.1 Å². The van der Waals surface area contributed by atoms with Crippen molar-refractivity contribution in [1.82, 2.24) is 0 Å². The maximum Gasteiger partial charge on any atom is 0.133 e. The van der Waals surface area contributed by atoms with Gasteiger partial charge in [0.25, 0.3) is 0 Å². The summed E-state index contributed by atoms with van der Waals surface area (Å²) in [6, 6.07) is 0. The molecule has 8 rings (SSSR count). The molecule has 2 heteroatoms. The van der Waals surface area contributed by atoms with Crippen molar-refractivity contribution in [2.75, 3.05) is 0 Å². The summed E-state index contributed by atoms with van der Waals surface area (Å²) in [5.41, 5.74) is 4.21. The number of hydrogen-bond donors (Lipinski definition) is 0. The summed E-state index contributed by atoms with van der Waals surface area (Å²) < 4.78 is 0. The molecule has 0 aromatic carbocycles. The lowest BCUT2D eigenvalue weighted by atomic mass is 9.88. The molecule has 0 aliphatic heterocycles. The quantitative estimate of drug-likeness (QED) is 0.276. The number of carbonyl (C=O) groups excluding carboxylic acids is 2. The number of rotatable bonds is 2. The van der Waals surface area contributed by atoms with Gasteiger partial charge in [0.2, 0.25) is 0 Å². The molecule has 14 atom stereocenters. The third kappa shape index (κ3) is 26.9. The van der Waals surface area contributed by atoms with Crippen molar-refractivity contribution in [3.63, 3.8) is 0 Å². The summed E-state index contributed by atoms with van der Waals surface area (Å²) in [5.74, 6) is 14.0. The number of Topliss-reactive ketones (excluding diaryl/α,β-unsaturated/α-hetero) is 2. The van der Waals surface area contributed by atoms with Crippen molar-refractivity contribution >= 4 is 11.6 Å². The van der Waals surface area contributed by atoms with E-state index in [1.807, 2.05) is 0 Å². The van der Waals surface area contributed by atoms with Gasteiger partial charge in [-0.15, -0.1) is 0 Å². The summed E-state index contributed by atoms with van der Waals surface area (Å²) in [6.07, 6.45) is 12.5. The molecule has 14 unspecified atom stereocenters. The van der Waals surface area contributed by atoms with E-state index in [1.54, 1.807) is 13.8 Å². The first-order valence-electron chi connectivity index (χ1n) is 28.5. The van der Waals surface area contributed by atoms with Crippen molar-refractivity contribution < 1.29 is 9.59 Å². The third-order valence-corrected chi connectivity index (χ3v) is 17.8. The van der Waals surface area contributed by atoms with Crippen LogP contribution in [0.1, 0.15) is 280 Å². The normalized spacial score (nSPS) is 33.8. The van der Waals surface area contributed by atoms with Crippen LogP contribution in [0.2, 0.25) is 0 Å². The van der Waals surface area contributed by atoms with E-state index in [0.29, 0.717) is 78.6 Å². The molecule has 8 aliphatic rings. The van der Waals surface area contributed by atoms with Crippen molar-refractivity contribution in [3.05, 3.63) is 0 Å². The molecule has 68 heavy (non-hydrogen) atoms. The SMILES string of the molecule is C.CC(=O)C1CC1C(C)(C)C.CC(=O)C1CC1C(C)(C)C.CC(C)(C)C1CC1.CC1CC1C(C)(C)C.CC1CC1C(C)(C)C.CC1CC1C(C)(C)C.CC1CC1C(C)(C)C.CC1CC1C(C)(C)C. The van der Waals surface area contributed by atoms with Gasteiger partial charge in [-0.25, -0.2) is 0 Å². The molecule has 0 saturated heterocycles. The van der Waals surface area contributed by atoms with Gasteiger partial charge < -0.3 is 0 Å². The lowest BCUT2D eigenvalue weighted by molar-refractivity contribution is -0.119. The molecule has 0 spiro atoms. The predicted molar refractivity (Wildman–Crippen MR) is 306 cm³/mol. The standard InChI is InChI=1S/2C9H16O.5C8H16.C7H14.CH4/c2*1-6(10)7-5-8(7)9(2,3)4;5*1-6-5-7(6)8(2,3)4;1-7(2,3)6-4-5-6;/h2*7-8H,5H2,1-4H3;5*6-7H,5H2,1-4H3;6H,4-5H2,1-3H3;1H4. The van der Waals surface area contributed by atoms with Gasteiger partial charge in [-0.05, 0) is 192 Å². The third-order valence-electron chi connectivity index (χ3n) is 17.8. The van der Waals surface area contributed by atoms with Gasteiger partial charge in [0.05, 0.1) is 0 Å². The van der Waals surface area contributed by atoms with Gasteiger partial charge in [-0.2, -0.15) is 0 Å². The van der Waals surface area contributed by atoms with Crippen LogP contribution in [0.5, 0.6) is 0 Å². The van der Waals surface area contributed by atoms with Crippen LogP contribution in [0.3, 0.4) is 0 Å². The Morgan fingerprint density at radius 2 is 0.426 bits per heavy atom. The summed E-state index contributed by atoms with van der Waals surface area (Å²) in [7, 11) is 0. The molecular formula is C66H130O2. The highest BCUT2D eigenvalue weighted by molar-refractivity contribution is 5.81. The predicted octanol–water partition coefficient (Wildman–Crippen LogP) is 21.0. The molecule has 0 amide bonds. The molecular weight excluding hydrogens is 825 g/mol. The molecule has 8 aliphatic carbocycles. The Kier molecular flexibility index (Phi) is 24.3. The van der Waals surface area contributed by atoms with Crippen LogP contribution in [0, 0.1) is 132 Å². The van der Waals surface area contributed by atoms with Gasteiger partial charge >= 0.3 is 0 Å². The van der Waals surface area contributed by atoms with E-state index in [4.69, 9.17) is 0 Å². The van der Waals surface area contributed by atoms with Crippen LogP contribution in [0.4, 0.5) is 0 Å². The minimum absolute atomic E-state index is 0. The molecule has 2 nitrogen and oxygen atoms in total. The fraction of sp³-hybridized carbons (Fsp3) is 0.970. The highest BCUT2D eigenvalue weighted by atomic mass is 16.1. The molecule has 0 bridgehead atoms. The minimum Gasteiger partial charge on any atom is -0.300 e. The molecule has 0 aromatic rings. The van der Waals surface area contributed by atoms with E-state index >= 15 is 0 Å². The summed E-state index contributed by atoms with van der Waals surface area (Å²) in [6.45, 7) is 70.4. The Morgan fingerprint density at radius 3 is 0.441 bits per heavy atom. The average Bonchev–Trinajstić information content (AvgIpc) is 3.85. The Morgan fingerprint density at radius 1 is 0.279 bits per heavy atom. The van der Waals surface area contributed by atoms with E-state index in [0.717, 1.165) is 77.9 Å². The molecule has 0 heterocycles. The number of hydrogen-bond acceptors (Lipinski definition) is 2. The second-order valence-corrected chi connectivity index (χ2v) is 33.4. The van der Waals surface area contributed by atoms with Crippen LogP contribution >= 0.6 is 0 Å². The molecule has 0 aromatic heterocycles. The Labute approximate surface area is 431 Å². The zero-order chi connectivity index (χ0) is 53.2. The first-order valence-corrected chi connectivity index (χ1v) is 28.5. The van der Waals surface area contributed by atoms with E-state index in [2.05, 4.69) is 201 Å². The highest BCUT2D eigenvalue weighted by Gasteiger charge is 2.49. The number of carbonyl (C=O) groups is 2. The molecule has 0 N–H and O–H groups in total. The van der Waals surface area contributed by atoms with Crippen LogP contribution in [-0.4, -0.2) is 11.6 Å². The average molecular weight is 956 g/mol. The van der Waals surface area contributed by atoms with Crippen LogP contribution in [-0.2, 0) is 9.59 Å². The van der Waals surface area contributed by atoms with Crippen molar-refractivity contribution in [1.29, 1.82) is 0 Å². The summed E-state index contributed by atoms with van der Waals surface area (Å²) >= 11 is 0. The first kappa shape index (κ1) is 67.3. The zero-order valence-electron chi connectivity index (χ0n) is 51.8. The monoisotopic (exact) mass is 955 g/mol. The Bertz CT molecular complexity index is 1290. The highest BCUT2D eigenvalue weighted by Crippen LogP contribution is 2.54. The largest absolute Gasteiger partial charge is 0.300 e. The van der Waals surface area contributed by atoms with E-state index in [1.165, 1.54) is 44.9 Å². The maximum atomic E-state index is 10.9. The van der Waals surface area contributed by atoms with Gasteiger partial charge in [0.1, 0.15) is 11.6 Å². The number of ketones is 2. The van der Waals surface area contributed by atoms with Crippen molar-refractivity contribution in [2.45, 2.75) is 280 Å². The van der Waals surface area contributed by atoms with Crippen molar-refractivity contribution in [3.8, 4) is 0 Å². The van der Waals surface area contributed by atoms with Crippen molar-refractivity contribution in [2.24, 2.45) is 132 Å². The summed E-state index contributed by atoms with van der Waals surface area (Å²) in [5, 5.41) is 0. The molecule has 8 saturated carbocycles. The smallest absolute Gasteiger partial charge is 0.133 e.